The first-order valence-electron chi connectivity index (χ1n) is 9.64. The van der Waals surface area contributed by atoms with Crippen LogP contribution in [0.1, 0.15) is 19.8 Å². The third-order valence-corrected chi connectivity index (χ3v) is 4.49. The molecule has 2 heterocycles. The predicted octanol–water partition coefficient (Wildman–Crippen LogP) is 1.91. The van der Waals surface area contributed by atoms with Crippen molar-refractivity contribution in [3.63, 3.8) is 0 Å². The molecule has 146 valence electrons. The number of aromatic nitrogens is 2. The van der Waals surface area contributed by atoms with Crippen LogP contribution >= 0.6 is 0 Å². The van der Waals surface area contributed by atoms with Crippen molar-refractivity contribution in [1.82, 2.24) is 14.9 Å². The number of nitrogens with one attached hydrogen (secondary N) is 1. The van der Waals surface area contributed by atoms with Crippen molar-refractivity contribution in [3.8, 4) is 11.5 Å². The van der Waals surface area contributed by atoms with Crippen molar-refractivity contribution in [2.24, 2.45) is 0 Å². The minimum absolute atomic E-state index is 0.0698. The molecule has 0 aliphatic carbocycles. The van der Waals surface area contributed by atoms with Gasteiger partial charge in [-0.2, -0.15) is 0 Å². The Morgan fingerprint density at radius 2 is 1.89 bits per heavy atom. The Kier molecular flexibility index (Phi) is 7.10. The molecule has 0 amide bonds. The Labute approximate surface area is 159 Å². The van der Waals surface area contributed by atoms with Gasteiger partial charge in [0.05, 0.1) is 13.2 Å². The van der Waals surface area contributed by atoms with E-state index in [1.165, 1.54) is 0 Å². The van der Waals surface area contributed by atoms with E-state index in [1.54, 1.807) is 17.0 Å². The second-order valence-electron chi connectivity index (χ2n) is 6.51. The van der Waals surface area contributed by atoms with Crippen molar-refractivity contribution in [2.75, 3.05) is 44.3 Å². The first kappa shape index (κ1) is 19.2. The molecule has 0 bridgehead atoms. The molecule has 0 unspecified atom stereocenters. The summed E-state index contributed by atoms with van der Waals surface area (Å²) in [6, 6.07) is 7.62. The van der Waals surface area contributed by atoms with Crippen molar-refractivity contribution >= 4 is 5.82 Å². The van der Waals surface area contributed by atoms with Crippen LogP contribution < -0.4 is 25.2 Å². The van der Waals surface area contributed by atoms with Crippen molar-refractivity contribution in [1.29, 1.82) is 0 Å². The van der Waals surface area contributed by atoms with Gasteiger partial charge < -0.3 is 24.3 Å². The maximum Gasteiger partial charge on any atom is 0.293 e. The summed E-state index contributed by atoms with van der Waals surface area (Å²) in [5.74, 6) is 2.07. The Balaban J connectivity index is 1.56. The first-order chi connectivity index (χ1) is 13.3. The standard InChI is InChI=1S/C20H28N4O3/c1-2-3-14-26-17-5-4-6-18(16-17)27-15-13-24-12-9-22-19(20(24)25)23-10-7-21-8-11-23/h4-6,9,12,16,21H,2-3,7-8,10-11,13-15H2,1H3. The molecule has 1 aliphatic rings. The normalized spacial score (nSPS) is 14.2. The van der Waals surface area contributed by atoms with Crippen LogP contribution in [-0.4, -0.2) is 48.9 Å². The molecule has 1 aromatic heterocycles. The van der Waals surface area contributed by atoms with E-state index in [0.29, 0.717) is 25.6 Å². The lowest BCUT2D eigenvalue weighted by atomic mass is 10.3. The zero-order valence-electron chi connectivity index (χ0n) is 15.9. The molecule has 1 aromatic carbocycles. The predicted molar refractivity (Wildman–Crippen MR) is 106 cm³/mol. The van der Waals surface area contributed by atoms with Crippen molar-refractivity contribution in [3.05, 3.63) is 47.0 Å². The first-order valence-corrected chi connectivity index (χ1v) is 9.64. The van der Waals surface area contributed by atoms with Gasteiger partial charge in [-0.05, 0) is 18.6 Å². The van der Waals surface area contributed by atoms with Crippen LogP contribution in [0, 0.1) is 0 Å². The molecule has 1 aliphatic heterocycles. The molecule has 1 fully saturated rings. The average Bonchev–Trinajstić information content (AvgIpc) is 2.71. The lowest BCUT2D eigenvalue weighted by Crippen LogP contribution is -2.46. The maximum atomic E-state index is 12.7. The molecule has 0 radical (unpaired) electrons. The SMILES string of the molecule is CCCCOc1cccc(OCCn2ccnc(N3CCNCC3)c2=O)c1. The number of hydrogen-bond acceptors (Lipinski definition) is 6. The fourth-order valence-corrected chi connectivity index (χ4v) is 2.96. The highest BCUT2D eigenvalue weighted by molar-refractivity contribution is 5.36. The van der Waals surface area contributed by atoms with Crippen LogP contribution in [0.2, 0.25) is 0 Å². The van der Waals surface area contributed by atoms with E-state index in [-0.39, 0.29) is 5.56 Å². The zero-order valence-corrected chi connectivity index (χ0v) is 15.9. The van der Waals surface area contributed by atoms with Crippen LogP contribution in [0.25, 0.3) is 0 Å². The summed E-state index contributed by atoms with van der Waals surface area (Å²) in [6.07, 6.45) is 5.53. The van der Waals surface area contributed by atoms with Gasteiger partial charge in [0.25, 0.3) is 5.56 Å². The highest BCUT2D eigenvalue weighted by Gasteiger charge is 2.16. The fourth-order valence-electron chi connectivity index (χ4n) is 2.96. The van der Waals surface area contributed by atoms with Gasteiger partial charge in [0, 0.05) is 44.6 Å². The number of nitrogens with zero attached hydrogens (tertiary/aromatic N) is 3. The van der Waals surface area contributed by atoms with Crippen LogP contribution in [0.15, 0.2) is 41.5 Å². The molecule has 1 N–H and O–H groups in total. The van der Waals surface area contributed by atoms with E-state index in [0.717, 1.165) is 50.5 Å². The molecule has 1 saturated heterocycles. The maximum absolute atomic E-state index is 12.7. The Morgan fingerprint density at radius 1 is 1.15 bits per heavy atom. The molecule has 27 heavy (non-hydrogen) atoms. The molecule has 0 spiro atoms. The van der Waals surface area contributed by atoms with Crippen LogP contribution in [0.5, 0.6) is 11.5 Å². The van der Waals surface area contributed by atoms with Gasteiger partial charge in [0.15, 0.2) is 5.82 Å². The third-order valence-electron chi connectivity index (χ3n) is 4.49. The smallest absolute Gasteiger partial charge is 0.293 e. The van der Waals surface area contributed by atoms with E-state index in [1.807, 2.05) is 29.2 Å². The van der Waals surface area contributed by atoms with Crippen LogP contribution in [0.3, 0.4) is 0 Å². The van der Waals surface area contributed by atoms with E-state index in [2.05, 4.69) is 17.2 Å². The minimum atomic E-state index is -0.0698. The van der Waals surface area contributed by atoms with Gasteiger partial charge in [0.1, 0.15) is 18.1 Å². The summed E-state index contributed by atoms with van der Waals surface area (Å²) in [5, 5.41) is 3.28. The summed E-state index contributed by atoms with van der Waals surface area (Å²) in [6.45, 7) is 7.07. The topological polar surface area (TPSA) is 68.6 Å². The number of ether oxygens (including phenoxy) is 2. The monoisotopic (exact) mass is 372 g/mol. The molecule has 0 saturated carbocycles. The lowest BCUT2D eigenvalue weighted by molar-refractivity contribution is 0.286. The van der Waals surface area contributed by atoms with Gasteiger partial charge in [0.2, 0.25) is 0 Å². The van der Waals surface area contributed by atoms with Crippen molar-refractivity contribution in [2.45, 2.75) is 26.3 Å². The molecule has 3 rings (SSSR count). The zero-order chi connectivity index (χ0) is 18.9. The van der Waals surface area contributed by atoms with Gasteiger partial charge >= 0.3 is 0 Å². The number of benzene rings is 1. The van der Waals surface area contributed by atoms with Gasteiger partial charge in [-0.3, -0.25) is 4.79 Å². The van der Waals surface area contributed by atoms with Crippen LogP contribution in [-0.2, 0) is 6.54 Å². The number of anilines is 1. The minimum Gasteiger partial charge on any atom is -0.493 e. The van der Waals surface area contributed by atoms with E-state index < -0.39 is 0 Å². The number of rotatable bonds is 9. The Bertz CT molecular complexity index is 772. The fraction of sp³-hybridized carbons (Fsp3) is 0.500. The Hall–Kier alpha value is -2.54. The molecular weight excluding hydrogens is 344 g/mol. The quantitative estimate of drug-likeness (QED) is 0.678. The average molecular weight is 372 g/mol. The summed E-state index contributed by atoms with van der Waals surface area (Å²) in [5.41, 5.74) is -0.0698. The molecule has 0 atom stereocenters. The second kappa shape index (κ2) is 9.97. The van der Waals surface area contributed by atoms with Gasteiger partial charge in [-0.15, -0.1) is 0 Å². The second-order valence-corrected chi connectivity index (χ2v) is 6.51. The van der Waals surface area contributed by atoms with Crippen LogP contribution in [0.4, 0.5) is 5.82 Å². The lowest BCUT2D eigenvalue weighted by Gasteiger charge is -2.27. The summed E-state index contributed by atoms with van der Waals surface area (Å²) < 4.78 is 13.2. The summed E-state index contributed by atoms with van der Waals surface area (Å²) in [7, 11) is 0. The Morgan fingerprint density at radius 3 is 2.63 bits per heavy atom. The summed E-state index contributed by atoms with van der Waals surface area (Å²) >= 11 is 0. The van der Waals surface area contributed by atoms with E-state index in [4.69, 9.17) is 9.47 Å². The van der Waals surface area contributed by atoms with Gasteiger partial charge in [-0.1, -0.05) is 19.4 Å². The molecule has 7 nitrogen and oxygen atoms in total. The number of hydrogen-bond donors (Lipinski definition) is 1. The highest BCUT2D eigenvalue weighted by atomic mass is 16.5. The summed E-state index contributed by atoms with van der Waals surface area (Å²) in [4.78, 5) is 19.0. The molecule has 7 heteroatoms. The van der Waals surface area contributed by atoms with Crippen molar-refractivity contribution < 1.29 is 9.47 Å². The number of unbranched alkanes of at least 4 members (excludes halogenated alkanes) is 1. The highest BCUT2D eigenvalue weighted by Crippen LogP contribution is 2.19. The molecule has 2 aromatic rings. The number of piperazine rings is 1. The largest absolute Gasteiger partial charge is 0.493 e. The molecular formula is C20H28N4O3. The third kappa shape index (κ3) is 5.47. The van der Waals surface area contributed by atoms with Gasteiger partial charge in [-0.25, -0.2) is 4.98 Å². The van der Waals surface area contributed by atoms with E-state index in [9.17, 15) is 4.79 Å². The van der Waals surface area contributed by atoms with E-state index >= 15 is 0 Å².